The number of benzene rings is 1. The Balaban J connectivity index is 1.84. The highest BCUT2D eigenvalue weighted by Crippen LogP contribution is 2.13. The molecular weight excluding hydrogens is 300 g/mol. The van der Waals surface area contributed by atoms with Crippen LogP contribution in [0.5, 0.6) is 0 Å². The second-order valence-corrected chi connectivity index (χ2v) is 5.24. The van der Waals surface area contributed by atoms with Gasteiger partial charge in [0.15, 0.2) is 0 Å². The number of nitrogens with one attached hydrogen (secondary N) is 1. The Morgan fingerprint density at radius 2 is 2.17 bits per heavy atom. The Hall–Kier alpha value is -2.32. The van der Waals surface area contributed by atoms with Gasteiger partial charge in [-0.05, 0) is 6.92 Å². The number of ether oxygens (including phenoxy) is 1. The molecule has 1 aromatic rings. The zero-order valence-corrected chi connectivity index (χ0v) is 13.0. The van der Waals surface area contributed by atoms with Crippen LogP contribution < -0.4 is 5.43 Å². The number of hydrogen-bond acceptors (Lipinski definition) is 6. The molecule has 0 spiro atoms. The van der Waals surface area contributed by atoms with E-state index in [9.17, 15) is 14.9 Å². The van der Waals surface area contributed by atoms with Gasteiger partial charge in [-0.2, -0.15) is 5.10 Å². The molecule has 124 valence electrons. The lowest BCUT2D eigenvalue weighted by atomic mass is 10.1. The number of carbonyl (C=O) groups is 1. The van der Waals surface area contributed by atoms with Gasteiger partial charge in [0.1, 0.15) is 0 Å². The molecule has 0 saturated carbocycles. The van der Waals surface area contributed by atoms with Gasteiger partial charge in [-0.25, -0.2) is 5.43 Å². The number of hydrogen-bond donors (Lipinski definition) is 1. The summed E-state index contributed by atoms with van der Waals surface area (Å²) < 4.78 is 5.25. The first-order valence-electron chi connectivity index (χ1n) is 7.44. The fourth-order valence-corrected chi connectivity index (χ4v) is 2.20. The summed E-state index contributed by atoms with van der Waals surface area (Å²) in [5, 5.41) is 14.8. The first-order chi connectivity index (χ1) is 11.1. The number of hydrazone groups is 1. The van der Waals surface area contributed by atoms with Crippen LogP contribution in [0.2, 0.25) is 0 Å². The minimum atomic E-state index is -0.461. The lowest BCUT2D eigenvalue weighted by Gasteiger charge is -2.25. The van der Waals surface area contributed by atoms with Crippen LogP contribution in [0.1, 0.15) is 18.9 Å². The maximum atomic E-state index is 11.8. The van der Waals surface area contributed by atoms with Gasteiger partial charge in [0.25, 0.3) is 5.69 Å². The molecular formula is C15H20N4O4. The summed E-state index contributed by atoms with van der Waals surface area (Å²) in [4.78, 5) is 24.3. The van der Waals surface area contributed by atoms with Crippen molar-refractivity contribution in [2.45, 2.75) is 13.3 Å². The zero-order valence-electron chi connectivity index (χ0n) is 13.0. The molecule has 1 fully saturated rings. The summed E-state index contributed by atoms with van der Waals surface area (Å²) >= 11 is 0. The molecule has 0 atom stereocenters. The van der Waals surface area contributed by atoms with E-state index in [4.69, 9.17) is 4.74 Å². The SMILES string of the molecule is C/C(=N\NC(=O)CCN1CCOCC1)c1cccc([N+](=O)[O-])c1. The van der Waals surface area contributed by atoms with E-state index in [1.54, 1.807) is 19.1 Å². The van der Waals surface area contributed by atoms with Crippen LogP contribution in [0.3, 0.4) is 0 Å². The van der Waals surface area contributed by atoms with Crippen LogP contribution in [0.15, 0.2) is 29.4 Å². The van der Waals surface area contributed by atoms with Crippen molar-refractivity contribution < 1.29 is 14.5 Å². The second kappa shape index (κ2) is 8.35. The molecule has 0 unspecified atom stereocenters. The molecule has 0 bridgehead atoms. The van der Waals surface area contributed by atoms with E-state index in [-0.39, 0.29) is 11.6 Å². The standard InChI is InChI=1S/C15H20N4O4/c1-12(13-3-2-4-14(11-13)19(21)22)16-17-15(20)5-6-18-7-9-23-10-8-18/h2-4,11H,5-10H2,1H3,(H,17,20)/b16-12+. The Morgan fingerprint density at radius 3 is 2.87 bits per heavy atom. The Bertz CT molecular complexity index is 597. The van der Waals surface area contributed by atoms with Gasteiger partial charge in [0.2, 0.25) is 5.91 Å². The number of morpholine rings is 1. The average molecular weight is 320 g/mol. The van der Waals surface area contributed by atoms with Gasteiger partial charge >= 0.3 is 0 Å². The van der Waals surface area contributed by atoms with Crippen molar-refractivity contribution in [1.82, 2.24) is 10.3 Å². The summed E-state index contributed by atoms with van der Waals surface area (Å²) in [6, 6.07) is 6.15. The molecule has 1 aromatic carbocycles. The molecule has 23 heavy (non-hydrogen) atoms. The van der Waals surface area contributed by atoms with E-state index >= 15 is 0 Å². The minimum absolute atomic E-state index is 0.00399. The van der Waals surface area contributed by atoms with Gasteiger partial charge in [0.05, 0.1) is 23.8 Å². The Kier molecular flexibility index (Phi) is 6.19. The lowest BCUT2D eigenvalue weighted by molar-refractivity contribution is -0.384. The smallest absolute Gasteiger partial charge is 0.270 e. The van der Waals surface area contributed by atoms with E-state index in [0.29, 0.717) is 37.5 Å². The molecule has 1 N–H and O–H groups in total. The molecule has 1 saturated heterocycles. The van der Waals surface area contributed by atoms with Crippen molar-refractivity contribution in [2.75, 3.05) is 32.8 Å². The molecule has 8 heteroatoms. The number of nitro groups is 1. The lowest BCUT2D eigenvalue weighted by Crippen LogP contribution is -2.38. The number of amides is 1. The van der Waals surface area contributed by atoms with E-state index in [1.807, 2.05) is 0 Å². The van der Waals surface area contributed by atoms with Crippen LogP contribution in [0.4, 0.5) is 5.69 Å². The highest BCUT2D eigenvalue weighted by Gasteiger charge is 2.12. The van der Waals surface area contributed by atoms with Gasteiger partial charge in [-0.15, -0.1) is 0 Å². The molecule has 1 aliphatic heterocycles. The van der Waals surface area contributed by atoms with Gasteiger partial charge < -0.3 is 4.74 Å². The van der Waals surface area contributed by atoms with Crippen molar-refractivity contribution in [3.63, 3.8) is 0 Å². The van der Waals surface area contributed by atoms with Crippen LogP contribution in [-0.2, 0) is 9.53 Å². The second-order valence-electron chi connectivity index (χ2n) is 5.24. The predicted molar refractivity (Wildman–Crippen MR) is 85.3 cm³/mol. The Labute approximate surface area is 134 Å². The highest BCUT2D eigenvalue weighted by atomic mass is 16.6. The number of rotatable bonds is 6. The minimum Gasteiger partial charge on any atom is -0.379 e. The first-order valence-corrected chi connectivity index (χ1v) is 7.44. The molecule has 1 aliphatic rings. The average Bonchev–Trinajstić information content (AvgIpc) is 2.58. The number of carbonyl (C=O) groups excluding carboxylic acids is 1. The summed E-state index contributed by atoms with van der Waals surface area (Å²) in [7, 11) is 0. The molecule has 8 nitrogen and oxygen atoms in total. The third-order valence-corrected chi connectivity index (χ3v) is 3.58. The van der Waals surface area contributed by atoms with Crippen LogP contribution >= 0.6 is 0 Å². The maximum absolute atomic E-state index is 11.8. The molecule has 0 aliphatic carbocycles. The Morgan fingerprint density at radius 1 is 1.43 bits per heavy atom. The maximum Gasteiger partial charge on any atom is 0.270 e. The van der Waals surface area contributed by atoms with Gasteiger partial charge in [-0.1, -0.05) is 12.1 Å². The largest absolute Gasteiger partial charge is 0.379 e. The number of non-ortho nitro benzene ring substituents is 1. The molecule has 1 amide bonds. The fourth-order valence-electron chi connectivity index (χ4n) is 2.20. The zero-order chi connectivity index (χ0) is 16.7. The topological polar surface area (TPSA) is 97.1 Å². The van der Waals surface area contributed by atoms with Crippen molar-refractivity contribution in [1.29, 1.82) is 0 Å². The fraction of sp³-hybridized carbons (Fsp3) is 0.467. The van der Waals surface area contributed by atoms with E-state index in [2.05, 4.69) is 15.4 Å². The molecule has 1 heterocycles. The van der Waals surface area contributed by atoms with Crippen molar-refractivity contribution in [3.8, 4) is 0 Å². The first kappa shape index (κ1) is 17.0. The van der Waals surface area contributed by atoms with Crippen LogP contribution in [0.25, 0.3) is 0 Å². The normalized spacial score (nSPS) is 16.1. The quantitative estimate of drug-likeness (QED) is 0.482. The summed E-state index contributed by atoms with van der Waals surface area (Å²) in [5.74, 6) is -0.179. The van der Waals surface area contributed by atoms with Crippen LogP contribution in [0, 0.1) is 10.1 Å². The van der Waals surface area contributed by atoms with E-state index < -0.39 is 4.92 Å². The third kappa shape index (κ3) is 5.42. The van der Waals surface area contributed by atoms with Crippen molar-refractivity contribution >= 4 is 17.3 Å². The summed E-state index contributed by atoms with van der Waals surface area (Å²) in [5.41, 5.74) is 3.61. The molecule has 2 rings (SSSR count). The summed E-state index contributed by atoms with van der Waals surface area (Å²) in [6.45, 7) is 5.44. The van der Waals surface area contributed by atoms with Gasteiger partial charge in [0, 0.05) is 43.8 Å². The van der Waals surface area contributed by atoms with Crippen LogP contribution in [-0.4, -0.2) is 54.3 Å². The summed E-state index contributed by atoms with van der Waals surface area (Å²) in [6.07, 6.45) is 0.353. The van der Waals surface area contributed by atoms with E-state index in [1.165, 1.54) is 12.1 Å². The number of nitrogens with zero attached hydrogens (tertiary/aromatic N) is 3. The molecule has 0 aromatic heterocycles. The van der Waals surface area contributed by atoms with Crippen molar-refractivity contribution in [2.24, 2.45) is 5.10 Å². The van der Waals surface area contributed by atoms with E-state index in [0.717, 1.165) is 13.1 Å². The monoisotopic (exact) mass is 320 g/mol. The number of nitro benzene ring substituents is 1. The molecule has 0 radical (unpaired) electrons. The third-order valence-electron chi connectivity index (χ3n) is 3.58. The van der Waals surface area contributed by atoms with Gasteiger partial charge in [-0.3, -0.25) is 19.8 Å². The predicted octanol–water partition coefficient (Wildman–Crippen LogP) is 1.16. The highest BCUT2D eigenvalue weighted by molar-refractivity contribution is 5.99. The van der Waals surface area contributed by atoms with Crippen molar-refractivity contribution in [3.05, 3.63) is 39.9 Å².